The summed E-state index contributed by atoms with van der Waals surface area (Å²) in [5, 5.41) is 3.58. The molecule has 1 N–H and O–H groups in total. The zero-order valence-corrected chi connectivity index (χ0v) is 19.5. The van der Waals surface area contributed by atoms with Crippen molar-refractivity contribution in [2.45, 2.75) is 46.4 Å². The highest BCUT2D eigenvalue weighted by molar-refractivity contribution is 5.83. The Morgan fingerprint density at radius 1 is 0.912 bits per heavy atom. The number of benzene rings is 3. The van der Waals surface area contributed by atoms with E-state index in [0.29, 0.717) is 29.0 Å². The van der Waals surface area contributed by atoms with E-state index in [1.165, 1.54) is 6.07 Å². The molecule has 0 saturated heterocycles. The molecule has 0 bridgehead atoms. The Morgan fingerprint density at radius 3 is 2.29 bits per heavy atom. The number of hydrogen-bond donors (Lipinski definition) is 1. The van der Waals surface area contributed by atoms with E-state index in [9.17, 15) is 13.2 Å². The molecule has 0 spiro atoms. The van der Waals surface area contributed by atoms with Gasteiger partial charge in [0.05, 0.1) is 22.9 Å². The van der Waals surface area contributed by atoms with E-state index in [2.05, 4.69) is 15.3 Å². The number of aryl methyl sites for hydroxylation is 2. The van der Waals surface area contributed by atoms with E-state index in [1.807, 2.05) is 70.2 Å². The van der Waals surface area contributed by atoms with Crippen molar-refractivity contribution in [2.75, 3.05) is 5.32 Å². The molecule has 0 unspecified atom stereocenters. The van der Waals surface area contributed by atoms with Crippen molar-refractivity contribution in [1.82, 2.24) is 9.97 Å². The van der Waals surface area contributed by atoms with E-state index in [0.717, 1.165) is 40.3 Å². The Hall–Kier alpha value is -3.61. The van der Waals surface area contributed by atoms with Crippen LogP contribution in [0.3, 0.4) is 0 Å². The number of hydrogen-bond acceptors (Lipinski definition) is 4. The van der Waals surface area contributed by atoms with E-state index in [-0.39, 0.29) is 6.10 Å². The van der Waals surface area contributed by atoms with Crippen molar-refractivity contribution >= 4 is 22.5 Å². The fourth-order valence-corrected chi connectivity index (χ4v) is 3.70. The molecule has 1 heterocycles. The minimum absolute atomic E-state index is 0.0623. The fraction of sp³-hybridized carbons (Fsp3) is 0.259. The van der Waals surface area contributed by atoms with Crippen LogP contribution >= 0.6 is 0 Å². The smallest absolute Gasteiger partial charge is 0.416 e. The van der Waals surface area contributed by atoms with Crippen molar-refractivity contribution in [1.29, 1.82) is 0 Å². The molecular formula is C27H26F3N3O. The summed E-state index contributed by atoms with van der Waals surface area (Å²) in [4.78, 5) is 9.11. The maximum Gasteiger partial charge on any atom is 0.416 e. The Kier molecular flexibility index (Phi) is 6.46. The summed E-state index contributed by atoms with van der Waals surface area (Å²) in [6.45, 7) is 7.87. The maximum atomic E-state index is 13.4. The molecule has 7 heteroatoms. The van der Waals surface area contributed by atoms with Gasteiger partial charge in [-0.05, 0) is 75.2 Å². The van der Waals surface area contributed by atoms with Gasteiger partial charge in [0.2, 0.25) is 5.95 Å². The van der Waals surface area contributed by atoms with Crippen molar-refractivity contribution in [3.05, 3.63) is 88.6 Å². The SMILES string of the molecule is Cc1ccc(Cc2nc(Nc3ccc(OC(C)C)c(C)c3)nc3ccc(C(F)(F)F)cc23)cc1. The fourth-order valence-electron chi connectivity index (χ4n) is 3.70. The van der Waals surface area contributed by atoms with Crippen molar-refractivity contribution in [3.63, 3.8) is 0 Å². The van der Waals surface area contributed by atoms with Crippen LogP contribution in [0, 0.1) is 13.8 Å². The highest BCUT2D eigenvalue weighted by Crippen LogP contribution is 2.33. The number of nitrogens with one attached hydrogen (secondary N) is 1. The molecule has 4 aromatic rings. The highest BCUT2D eigenvalue weighted by atomic mass is 19.4. The van der Waals surface area contributed by atoms with Crippen LogP contribution in [-0.4, -0.2) is 16.1 Å². The van der Waals surface area contributed by atoms with Crippen LogP contribution < -0.4 is 10.1 Å². The molecule has 176 valence electrons. The van der Waals surface area contributed by atoms with E-state index >= 15 is 0 Å². The quantitative estimate of drug-likeness (QED) is 0.323. The van der Waals surface area contributed by atoms with Gasteiger partial charge in [0.25, 0.3) is 0 Å². The molecule has 34 heavy (non-hydrogen) atoms. The number of anilines is 2. The molecular weight excluding hydrogens is 439 g/mol. The molecule has 0 amide bonds. The molecule has 0 atom stereocenters. The molecule has 1 aromatic heterocycles. The summed E-state index contributed by atoms with van der Waals surface area (Å²) in [7, 11) is 0. The monoisotopic (exact) mass is 465 g/mol. The van der Waals surface area contributed by atoms with Crippen LogP contribution in [0.25, 0.3) is 10.9 Å². The minimum Gasteiger partial charge on any atom is -0.491 e. The van der Waals surface area contributed by atoms with Crippen molar-refractivity contribution in [3.8, 4) is 5.75 Å². The Morgan fingerprint density at radius 2 is 1.65 bits per heavy atom. The zero-order chi connectivity index (χ0) is 24.5. The first-order valence-corrected chi connectivity index (χ1v) is 11.1. The van der Waals surface area contributed by atoms with Gasteiger partial charge < -0.3 is 10.1 Å². The van der Waals surface area contributed by atoms with Gasteiger partial charge in [0.1, 0.15) is 5.75 Å². The first kappa shape index (κ1) is 23.5. The first-order valence-electron chi connectivity index (χ1n) is 11.1. The van der Waals surface area contributed by atoms with Crippen molar-refractivity contribution < 1.29 is 17.9 Å². The number of aromatic nitrogens is 2. The first-order chi connectivity index (χ1) is 16.1. The van der Waals surface area contributed by atoms with Gasteiger partial charge >= 0.3 is 6.18 Å². The average Bonchev–Trinajstić information content (AvgIpc) is 2.76. The van der Waals surface area contributed by atoms with Gasteiger partial charge in [-0.1, -0.05) is 29.8 Å². The summed E-state index contributed by atoms with van der Waals surface area (Å²) in [6.07, 6.45) is -3.99. The summed E-state index contributed by atoms with van der Waals surface area (Å²) in [5.41, 5.74) is 4.04. The van der Waals surface area contributed by atoms with E-state index in [4.69, 9.17) is 4.74 Å². The zero-order valence-electron chi connectivity index (χ0n) is 19.5. The average molecular weight is 466 g/mol. The third-order valence-electron chi connectivity index (χ3n) is 5.39. The topological polar surface area (TPSA) is 47.0 Å². The molecule has 0 aliphatic carbocycles. The Bertz CT molecular complexity index is 1320. The number of rotatable bonds is 6. The maximum absolute atomic E-state index is 13.4. The van der Waals surface area contributed by atoms with Crippen LogP contribution in [0.2, 0.25) is 0 Å². The summed E-state index contributed by atoms with van der Waals surface area (Å²) in [5.74, 6) is 1.12. The second-order valence-electron chi connectivity index (χ2n) is 8.66. The number of nitrogens with zero attached hydrogens (tertiary/aromatic N) is 2. The molecule has 4 nitrogen and oxygen atoms in total. The van der Waals surface area contributed by atoms with Crippen LogP contribution in [0.15, 0.2) is 60.7 Å². The summed E-state index contributed by atoms with van der Waals surface area (Å²) >= 11 is 0. The van der Waals surface area contributed by atoms with Gasteiger partial charge in [-0.2, -0.15) is 13.2 Å². The second kappa shape index (κ2) is 9.33. The lowest BCUT2D eigenvalue weighted by Crippen LogP contribution is -2.08. The van der Waals surface area contributed by atoms with E-state index < -0.39 is 11.7 Å². The number of fused-ring (bicyclic) bond motifs is 1. The normalized spacial score (nSPS) is 11.8. The molecule has 0 saturated carbocycles. The molecule has 0 aliphatic heterocycles. The minimum atomic E-state index is -4.44. The lowest BCUT2D eigenvalue weighted by atomic mass is 10.0. The van der Waals surface area contributed by atoms with Gasteiger partial charge in [-0.15, -0.1) is 0 Å². The highest BCUT2D eigenvalue weighted by Gasteiger charge is 2.31. The third-order valence-corrected chi connectivity index (χ3v) is 5.39. The predicted octanol–water partition coefficient (Wildman–Crippen LogP) is 7.39. The Labute approximate surface area is 196 Å². The lowest BCUT2D eigenvalue weighted by Gasteiger charge is -2.15. The van der Waals surface area contributed by atoms with Gasteiger partial charge in [-0.3, -0.25) is 0 Å². The van der Waals surface area contributed by atoms with Gasteiger partial charge in [-0.25, -0.2) is 9.97 Å². The molecule has 0 fully saturated rings. The van der Waals surface area contributed by atoms with Crippen LogP contribution in [-0.2, 0) is 12.6 Å². The molecule has 4 rings (SSSR count). The number of alkyl halides is 3. The summed E-state index contributed by atoms with van der Waals surface area (Å²) < 4.78 is 45.9. The molecule has 3 aromatic carbocycles. The number of halogens is 3. The van der Waals surface area contributed by atoms with Crippen LogP contribution in [0.1, 0.15) is 41.8 Å². The predicted molar refractivity (Wildman–Crippen MR) is 129 cm³/mol. The van der Waals surface area contributed by atoms with Crippen molar-refractivity contribution in [2.24, 2.45) is 0 Å². The van der Waals surface area contributed by atoms with E-state index in [1.54, 1.807) is 0 Å². The van der Waals surface area contributed by atoms with Crippen LogP contribution in [0.4, 0.5) is 24.8 Å². The van der Waals surface area contributed by atoms with Crippen LogP contribution in [0.5, 0.6) is 5.75 Å². The summed E-state index contributed by atoms with van der Waals surface area (Å²) in [6, 6.07) is 17.1. The van der Waals surface area contributed by atoms with Gasteiger partial charge in [0.15, 0.2) is 0 Å². The Balaban J connectivity index is 1.74. The second-order valence-corrected chi connectivity index (χ2v) is 8.66. The standard InChI is InChI=1S/C27H26F3N3O/c1-16(2)34-25-12-10-21(13-18(25)4)31-26-32-23-11-9-20(27(28,29)30)15-22(23)24(33-26)14-19-7-5-17(3)6-8-19/h5-13,15-16H,14H2,1-4H3,(H,31,32,33). The third kappa shape index (κ3) is 5.47. The largest absolute Gasteiger partial charge is 0.491 e. The van der Waals surface area contributed by atoms with Gasteiger partial charge in [0, 0.05) is 17.5 Å². The number of ether oxygens (including phenoxy) is 1. The lowest BCUT2D eigenvalue weighted by molar-refractivity contribution is -0.137. The molecule has 0 aliphatic rings. The molecule has 0 radical (unpaired) electrons.